The SMILES string of the molecule is CC(C)(O)c1c(Br)ccc2c1OCCO2. The fraction of sp³-hybridized carbons (Fsp3) is 0.455. The van der Waals surface area contributed by atoms with Gasteiger partial charge in [0.05, 0.1) is 5.60 Å². The summed E-state index contributed by atoms with van der Waals surface area (Å²) in [6.07, 6.45) is 0. The highest BCUT2D eigenvalue weighted by atomic mass is 79.9. The third-order valence-corrected chi connectivity index (χ3v) is 2.93. The monoisotopic (exact) mass is 272 g/mol. The first-order valence-corrected chi connectivity index (χ1v) is 5.60. The number of aliphatic hydroxyl groups is 1. The second-order valence-electron chi connectivity index (χ2n) is 4.01. The fourth-order valence-electron chi connectivity index (χ4n) is 1.66. The van der Waals surface area contributed by atoms with E-state index in [1.165, 1.54) is 0 Å². The molecule has 1 aliphatic rings. The summed E-state index contributed by atoms with van der Waals surface area (Å²) in [4.78, 5) is 0. The molecular formula is C11H13BrO3. The van der Waals surface area contributed by atoms with Gasteiger partial charge in [0.2, 0.25) is 0 Å². The second-order valence-corrected chi connectivity index (χ2v) is 4.86. The predicted octanol–water partition coefficient (Wildman–Crippen LogP) is 2.45. The highest BCUT2D eigenvalue weighted by Crippen LogP contribution is 2.43. The molecule has 1 heterocycles. The average Bonchev–Trinajstić information content (AvgIpc) is 2.15. The molecule has 0 bridgehead atoms. The molecule has 0 atom stereocenters. The van der Waals surface area contributed by atoms with Gasteiger partial charge in [-0.1, -0.05) is 15.9 Å². The van der Waals surface area contributed by atoms with E-state index >= 15 is 0 Å². The lowest BCUT2D eigenvalue weighted by molar-refractivity contribution is 0.0694. The van der Waals surface area contributed by atoms with E-state index in [4.69, 9.17) is 9.47 Å². The first-order chi connectivity index (χ1) is 7.00. The molecule has 2 rings (SSSR count). The highest BCUT2D eigenvalue weighted by molar-refractivity contribution is 9.10. The Hall–Kier alpha value is -0.740. The van der Waals surface area contributed by atoms with E-state index in [0.717, 1.165) is 10.0 Å². The molecule has 1 aromatic carbocycles. The molecule has 4 heteroatoms. The smallest absolute Gasteiger partial charge is 0.168 e. The first kappa shape index (κ1) is 10.8. The van der Waals surface area contributed by atoms with Crippen LogP contribution in [0.1, 0.15) is 19.4 Å². The zero-order chi connectivity index (χ0) is 11.1. The average molecular weight is 273 g/mol. The van der Waals surface area contributed by atoms with Crippen LogP contribution in [-0.2, 0) is 5.60 Å². The van der Waals surface area contributed by atoms with Gasteiger partial charge in [0.15, 0.2) is 11.5 Å². The Morgan fingerprint density at radius 2 is 1.93 bits per heavy atom. The third kappa shape index (κ3) is 1.96. The van der Waals surface area contributed by atoms with Gasteiger partial charge in [-0.2, -0.15) is 0 Å². The van der Waals surface area contributed by atoms with E-state index in [9.17, 15) is 5.11 Å². The normalized spacial score (nSPS) is 15.2. The molecule has 0 unspecified atom stereocenters. The van der Waals surface area contributed by atoms with E-state index in [0.29, 0.717) is 24.7 Å². The van der Waals surface area contributed by atoms with Crippen LogP contribution in [0.4, 0.5) is 0 Å². The molecule has 0 fully saturated rings. The van der Waals surface area contributed by atoms with Gasteiger partial charge in [0, 0.05) is 10.0 Å². The van der Waals surface area contributed by atoms with E-state index in [1.54, 1.807) is 13.8 Å². The van der Waals surface area contributed by atoms with Crippen molar-refractivity contribution in [1.29, 1.82) is 0 Å². The largest absolute Gasteiger partial charge is 0.486 e. The molecule has 3 nitrogen and oxygen atoms in total. The molecule has 1 N–H and O–H groups in total. The second kappa shape index (κ2) is 3.68. The Kier molecular flexibility index (Phi) is 2.64. The van der Waals surface area contributed by atoms with Crippen molar-refractivity contribution in [3.63, 3.8) is 0 Å². The number of hydrogen-bond donors (Lipinski definition) is 1. The topological polar surface area (TPSA) is 38.7 Å². The van der Waals surface area contributed by atoms with E-state index < -0.39 is 5.60 Å². The predicted molar refractivity (Wildman–Crippen MR) is 60.4 cm³/mol. The van der Waals surface area contributed by atoms with Gasteiger partial charge in [-0.15, -0.1) is 0 Å². The van der Waals surface area contributed by atoms with E-state index in [-0.39, 0.29) is 0 Å². The van der Waals surface area contributed by atoms with Gasteiger partial charge < -0.3 is 14.6 Å². The van der Waals surface area contributed by atoms with Crippen LogP contribution in [-0.4, -0.2) is 18.3 Å². The van der Waals surface area contributed by atoms with Crippen molar-refractivity contribution in [1.82, 2.24) is 0 Å². The standard InChI is InChI=1S/C11H13BrO3/c1-11(2,13)9-7(12)3-4-8-10(9)15-6-5-14-8/h3-4,13H,5-6H2,1-2H3. The molecule has 1 aromatic rings. The highest BCUT2D eigenvalue weighted by Gasteiger charge is 2.28. The Balaban J connectivity index is 2.60. The maximum Gasteiger partial charge on any atom is 0.168 e. The van der Waals surface area contributed by atoms with Gasteiger partial charge >= 0.3 is 0 Å². The lowest BCUT2D eigenvalue weighted by atomic mass is 9.97. The Morgan fingerprint density at radius 1 is 1.27 bits per heavy atom. The van der Waals surface area contributed by atoms with Crippen LogP contribution < -0.4 is 9.47 Å². The maximum atomic E-state index is 10.1. The Labute approximate surface area is 97.1 Å². The molecule has 15 heavy (non-hydrogen) atoms. The van der Waals surface area contributed by atoms with Crippen LogP contribution in [0.5, 0.6) is 11.5 Å². The lowest BCUT2D eigenvalue weighted by Gasteiger charge is -2.27. The molecule has 0 spiro atoms. The van der Waals surface area contributed by atoms with Gasteiger partial charge in [0.25, 0.3) is 0 Å². The minimum Gasteiger partial charge on any atom is -0.486 e. The zero-order valence-electron chi connectivity index (χ0n) is 8.71. The van der Waals surface area contributed by atoms with Crippen molar-refractivity contribution in [2.75, 3.05) is 13.2 Å². The van der Waals surface area contributed by atoms with Crippen LogP contribution in [0.15, 0.2) is 16.6 Å². The third-order valence-electron chi connectivity index (χ3n) is 2.27. The summed E-state index contributed by atoms with van der Waals surface area (Å²) in [6.45, 7) is 4.53. The molecule has 0 aromatic heterocycles. The zero-order valence-corrected chi connectivity index (χ0v) is 10.3. The van der Waals surface area contributed by atoms with Crippen molar-refractivity contribution in [3.05, 3.63) is 22.2 Å². The number of ether oxygens (including phenoxy) is 2. The van der Waals surface area contributed by atoms with Gasteiger partial charge in [-0.25, -0.2) is 0 Å². The van der Waals surface area contributed by atoms with Crippen LogP contribution in [0, 0.1) is 0 Å². The summed E-state index contributed by atoms with van der Waals surface area (Å²) in [5.74, 6) is 1.34. The molecule has 0 aliphatic carbocycles. The van der Waals surface area contributed by atoms with Gasteiger partial charge in [-0.3, -0.25) is 0 Å². The first-order valence-electron chi connectivity index (χ1n) is 4.81. The lowest BCUT2D eigenvalue weighted by Crippen LogP contribution is -2.23. The number of halogens is 1. The van der Waals surface area contributed by atoms with Gasteiger partial charge in [0.1, 0.15) is 13.2 Å². The van der Waals surface area contributed by atoms with E-state index in [1.807, 2.05) is 12.1 Å². The van der Waals surface area contributed by atoms with Crippen molar-refractivity contribution in [2.24, 2.45) is 0 Å². The summed E-state index contributed by atoms with van der Waals surface area (Å²) in [5, 5.41) is 10.1. The van der Waals surface area contributed by atoms with Crippen LogP contribution in [0.3, 0.4) is 0 Å². The maximum absolute atomic E-state index is 10.1. The Morgan fingerprint density at radius 3 is 2.60 bits per heavy atom. The molecule has 0 radical (unpaired) electrons. The van der Waals surface area contributed by atoms with E-state index in [2.05, 4.69) is 15.9 Å². The van der Waals surface area contributed by atoms with Crippen molar-refractivity contribution >= 4 is 15.9 Å². The Bertz CT molecular complexity index is 382. The molecule has 1 aliphatic heterocycles. The van der Waals surface area contributed by atoms with Gasteiger partial charge in [-0.05, 0) is 26.0 Å². The van der Waals surface area contributed by atoms with Crippen LogP contribution in [0.2, 0.25) is 0 Å². The minimum atomic E-state index is -0.953. The van der Waals surface area contributed by atoms with Crippen molar-refractivity contribution in [3.8, 4) is 11.5 Å². The molecular weight excluding hydrogens is 260 g/mol. The number of fused-ring (bicyclic) bond motifs is 1. The fourth-order valence-corrected chi connectivity index (χ4v) is 2.46. The number of benzene rings is 1. The summed E-state index contributed by atoms with van der Waals surface area (Å²) < 4.78 is 11.8. The summed E-state index contributed by atoms with van der Waals surface area (Å²) in [7, 11) is 0. The molecule has 0 amide bonds. The summed E-state index contributed by atoms with van der Waals surface area (Å²) >= 11 is 3.42. The van der Waals surface area contributed by atoms with Crippen LogP contribution >= 0.6 is 15.9 Å². The summed E-state index contributed by atoms with van der Waals surface area (Å²) in [5.41, 5.74) is -0.218. The molecule has 0 saturated carbocycles. The quantitative estimate of drug-likeness (QED) is 0.854. The molecule has 82 valence electrons. The van der Waals surface area contributed by atoms with Crippen LogP contribution in [0.25, 0.3) is 0 Å². The minimum absolute atomic E-state index is 0.520. The van der Waals surface area contributed by atoms with Crippen molar-refractivity contribution in [2.45, 2.75) is 19.4 Å². The molecule has 0 saturated heterocycles. The number of rotatable bonds is 1. The number of hydrogen-bond acceptors (Lipinski definition) is 3. The summed E-state index contributed by atoms with van der Waals surface area (Å²) in [6, 6.07) is 3.70. The van der Waals surface area contributed by atoms with Crippen molar-refractivity contribution < 1.29 is 14.6 Å².